The van der Waals surface area contributed by atoms with Crippen LogP contribution in [0.2, 0.25) is 0 Å². The Bertz CT molecular complexity index is 2550. The van der Waals surface area contributed by atoms with Crippen LogP contribution < -0.4 is 48.7 Å². The van der Waals surface area contributed by atoms with Crippen LogP contribution in [0.4, 0.5) is 0 Å². The fourth-order valence-electron chi connectivity index (χ4n) is 7.32. The fraction of sp³-hybridized carbons (Fsp3) is 0.362. The van der Waals surface area contributed by atoms with Crippen LogP contribution in [0.1, 0.15) is 43.9 Å². The summed E-state index contributed by atoms with van der Waals surface area (Å²) in [5, 5.41) is 20.1. The third kappa shape index (κ3) is 14.4. The van der Waals surface area contributed by atoms with E-state index in [1.807, 2.05) is 60.9 Å². The molecule has 8 amide bonds. The Morgan fingerprint density at radius 2 is 0.940 bits per heavy atom. The largest absolute Gasteiger partial charge is 0.368 e. The molecule has 0 bridgehead atoms. The number of primary amides is 1. The lowest BCUT2D eigenvalue weighted by atomic mass is 10.0. The Balaban J connectivity index is 1.30. The van der Waals surface area contributed by atoms with Crippen molar-refractivity contribution in [2.45, 2.75) is 88.7 Å². The predicted molar refractivity (Wildman–Crippen MR) is 256 cm³/mol. The fourth-order valence-corrected chi connectivity index (χ4v) is 7.79. The maximum absolute atomic E-state index is 14.2. The van der Waals surface area contributed by atoms with Gasteiger partial charge >= 0.3 is 0 Å². The lowest BCUT2D eigenvalue weighted by Crippen LogP contribution is -2.59. The van der Waals surface area contributed by atoms with Crippen molar-refractivity contribution in [2.75, 3.05) is 18.6 Å². The molecule has 0 saturated carbocycles. The second-order valence-electron chi connectivity index (χ2n) is 16.2. The van der Waals surface area contributed by atoms with Gasteiger partial charge in [0.15, 0.2) is 0 Å². The molecule has 19 nitrogen and oxygen atoms in total. The zero-order chi connectivity index (χ0) is 48.6. The molecule has 0 fully saturated rings. The van der Waals surface area contributed by atoms with Gasteiger partial charge in [0.1, 0.15) is 42.3 Å². The number of hydrogen-bond acceptors (Lipinski definition) is 10. The third-order valence-corrected chi connectivity index (χ3v) is 11.8. The monoisotopic (exact) mass is 937 g/mol. The van der Waals surface area contributed by atoms with Gasteiger partial charge in [-0.05, 0) is 68.0 Å². The van der Waals surface area contributed by atoms with E-state index in [2.05, 4.69) is 47.2 Å². The molecule has 0 aliphatic rings. The van der Waals surface area contributed by atoms with E-state index in [1.165, 1.54) is 32.5 Å². The van der Waals surface area contributed by atoms with Gasteiger partial charge in [0.05, 0.1) is 6.54 Å². The van der Waals surface area contributed by atoms with Gasteiger partial charge in [-0.1, -0.05) is 66.7 Å². The van der Waals surface area contributed by atoms with E-state index in [0.29, 0.717) is 23.3 Å². The quantitative estimate of drug-likeness (QED) is 0.0403. The number of nitrogens with one attached hydrogen (secondary N) is 9. The summed E-state index contributed by atoms with van der Waals surface area (Å²) in [6, 6.07) is 15.7. The molecule has 0 radical (unpaired) electrons. The molecule has 5 aromatic rings. The van der Waals surface area contributed by atoms with Crippen molar-refractivity contribution in [3.8, 4) is 0 Å². The molecule has 0 spiro atoms. The highest BCUT2D eigenvalue weighted by Crippen LogP contribution is 2.21. The highest BCUT2D eigenvalue weighted by molar-refractivity contribution is 7.98. The van der Waals surface area contributed by atoms with Gasteiger partial charge in [0.2, 0.25) is 47.3 Å². The average molecular weight is 938 g/mol. The van der Waals surface area contributed by atoms with Crippen molar-refractivity contribution in [2.24, 2.45) is 11.5 Å². The van der Waals surface area contributed by atoms with E-state index in [1.54, 1.807) is 36.7 Å². The highest BCUT2D eigenvalue weighted by Gasteiger charge is 2.32. The van der Waals surface area contributed by atoms with Crippen LogP contribution in [-0.4, -0.2) is 118 Å². The van der Waals surface area contributed by atoms with Crippen molar-refractivity contribution in [1.29, 1.82) is 0 Å². The number of carbonyl (C=O) groups excluding carboxylic acids is 8. The summed E-state index contributed by atoms with van der Waals surface area (Å²) >= 11 is 1.47. The number of aromatic nitrogens is 2. The van der Waals surface area contributed by atoms with Gasteiger partial charge < -0.3 is 58.7 Å². The van der Waals surface area contributed by atoms with Crippen molar-refractivity contribution in [3.05, 3.63) is 108 Å². The Hall–Kier alpha value is -7.19. The molecule has 0 saturated heterocycles. The zero-order valence-corrected chi connectivity index (χ0v) is 38.6. The van der Waals surface area contributed by atoms with Crippen LogP contribution in [-0.2, 0) is 57.6 Å². The van der Waals surface area contributed by atoms with Crippen LogP contribution in [0.15, 0.2) is 91.3 Å². The van der Waals surface area contributed by atoms with Crippen molar-refractivity contribution >= 4 is 80.8 Å². The van der Waals surface area contributed by atoms with Crippen LogP contribution >= 0.6 is 11.8 Å². The molecular formula is C47H59N11O8S. The van der Waals surface area contributed by atoms with Gasteiger partial charge in [-0.2, -0.15) is 11.8 Å². The SMILES string of the molecule is CSCC[C@H](NC(=O)CN)C(=O)N[C@@H](C)C(=O)N[C@@H](C)C(=O)N[C@@H](Cc1c[nH]c2ccccc12)C(=O)N[C@H](C)C(=O)N[C@H](Cc1c[nH]c2ccccc12)C(=O)N[C@@H](Cc1ccccc1)C(N)=O. The number of aromatic amines is 2. The number of rotatable bonds is 24. The molecule has 0 unspecified atom stereocenters. The number of carbonyl (C=O) groups is 8. The molecular weight excluding hydrogens is 879 g/mol. The van der Waals surface area contributed by atoms with E-state index in [9.17, 15) is 38.4 Å². The van der Waals surface area contributed by atoms with Gasteiger partial charge in [-0.3, -0.25) is 38.4 Å². The van der Waals surface area contributed by atoms with Gasteiger partial charge in [0.25, 0.3) is 0 Å². The summed E-state index contributed by atoms with van der Waals surface area (Å²) in [7, 11) is 0. The lowest BCUT2D eigenvalue weighted by molar-refractivity contribution is -0.135. The van der Waals surface area contributed by atoms with E-state index < -0.39 is 89.6 Å². The summed E-state index contributed by atoms with van der Waals surface area (Å²) in [4.78, 5) is 113. The summed E-state index contributed by atoms with van der Waals surface area (Å²) < 4.78 is 0. The van der Waals surface area contributed by atoms with Crippen molar-refractivity contribution in [1.82, 2.24) is 47.2 Å². The van der Waals surface area contributed by atoms with Gasteiger partial charge in [-0.15, -0.1) is 0 Å². The maximum atomic E-state index is 14.2. The van der Waals surface area contributed by atoms with Crippen LogP contribution in [0.3, 0.4) is 0 Å². The first-order valence-corrected chi connectivity index (χ1v) is 23.2. The first-order chi connectivity index (χ1) is 32.1. The minimum Gasteiger partial charge on any atom is -0.368 e. The number of amides is 8. The minimum atomic E-state index is -1.28. The molecule has 5 rings (SSSR count). The zero-order valence-electron chi connectivity index (χ0n) is 37.8. The number of thioether (sulfide) groups is 1. The minimum absolute atomic E-state index is 0.00761. The van der Waals surface area contributed by atoms with Gasteiger partial charge in [0, 0.05) is 53.5 Å². The second-order valence-corrected chi connectivity index (χ2v) is 17.2. The second kappa shape index (κ2) is 24.4. The van der Waals surface area contributed by atoms with Gasteiger partial charge in [-0.25, -0.2) is 0 Å². The van der Waals surface area contributed by atoms with E-state index in [4.69, 9.17) is 11.5 Å². The van der Waals surface area contributed by atoms with E-state index >= 15 is 0 Å². The first-order valence-electron chi connectivity index (χ1n) is 21.8. The Labute approximate surface area is 391 Å². The Morgan fingerprint density at radius 3 is 1.42 bits per heavy atom. The Kier molecular flexibility index (Phi) is 18.5. The standard InChI is InChI=1S/C47H59N11O8S/c1-26(53-45(64)36(18-19-67-4)55-40(59)23-48)42(61)52-27(2)43(62)57-38(21-30-24-50-34-16-10-8-14-32(30)34)46(65)54-28(3)44(63)58-39(22-31-25-51-35-17-11-9-15-33(31)35)47(66)56-37(41(49)60)20-29-12-6-5-7-13-29/h5-17,24-28,36-39,50-51H,18-23,48H2,1-4H3,(H2,49,60)(H,52,61)(H,53,64)(H,54,65)(H,55,59)(H,56,66)(H,57,62)(H,58,63)/t26-,27-,28+,36-,37-,38-,39+/m0/s1. The van der Waals surface area contributed by atoms with Crippen molar-refractivity contribution in [3.63, 3.8) is 0 Å². The van der Waals surface area contributed by atoms with Crippen LogP contribution in [0, 0.1) is 0 Å². The van der Waals surface area contributed by atoms with E-state index in [-0.39, 0.29) is 25.8 Å². The lowest BCUT2D eigenvalue weighted by Gasteiger charge is -2.26. The maximum Gasteiger partial charge on any atom is 0.243 e. The molecule has 2 aromatic heterocycles. The summed E-state index contributed by atoms with van der Waals surface area (Å²) in [5.41, 5.74) is 14.9. The average Bonchev–Trinajstić information content (AvgIpc) is 3.93. The number of benzene rings is 3. The normalized spacial score (nSPS) is 14.3. The molecule has 3 aromatic carbocycles. The summed E-state index contributed by atoms with van der Waals surface area (Å²) in [6.07, 6.45) is 5.65. The van der Waals surface area contributed by atoms with Crippen LogP contribution in [0.25, 0.3) is 21.8 Å². The first kappa shape index (κ1) is 50.8. The number of nitrogens with two attached hydrogens (primary N) is 2. The molecule has 0 aliphatic carbocycles. The number of H-pyrrole nitrogens is 2. The molecule has 356 valence electrons. The van der Waals surface area contributed by atoms with E-state index in [0.717, 1.165) is 27.4 Å². The molecule has 7 atom stereocenters. The number of fused-ring (bicyclic) bond motifs is 2. The molecule has 20 heteroatoms. The topological polar surface area (TPSA) is 304 Å². The third-order valence-electron chi connectivity index (χ3n) is 11.1. The molecule has 2 heterocycles. The highest BCUT2D eigenvalue weighted by atomic mass is 32.2. The predicted octanol–water partition coefficient (Wildman–Crippen LogP) is 0.328. The number of hydrogen-bond donors (Lipinski definition) is 11. The number of para-hydroxylation sites is 2. The Morgan fingerprint density at radius 1 is 0.522 bits per heavy atom. The van der Waals surface area contributed by atoms with Crippen molar-refractivity contribution < 1.29 is 38.4 Å². The summed E-state index contributed by atoms with van der Waals surface area (Å²) in [6.45, 7) is 3.93. The molecule has 13 N–H and O–H groups in total. The summed E-state index contributed by atoms with van der Waals surface area (Å²) in [5.74, 6) is -4.97. The van der Waals surface area contributed by atoms with Crippen LogP contribution in [0.5, 0.6) is 0 Å². The molecule has 0 aliphatic heterocycles. The molecule has 67 heavy (non-hydrogen) atoms. The smallest absolute Gasteiger partial charge is 0.243 e.